The first-order valence-corrected chi connectivity index (χ1v) is 9.69. The minimum atomic E-state index is -4.70. The monoisotopic (exact) mass is 432 g/mol. The van der Waals surface area contributed by atoms with Gasteiger partial charge < -0.3 is 39.4 Å². The van der Waals surface area contributed by atoms with Crippen LogP contribution in [0.15, 0.2) is 0 Å². The quantitative estimate of drug-likeness (QED) is 0.264. The zero-order valence-electron chi connectivity index (χ0n) is 15.0. The van der Waals surface area contributed by atoms with Crippen molar-refractivity contribution in [2.24, 2.45) is 5.92 Å². The number of hydrogen-bond acceptors (Lipinski definition) is 11. The largest absolute Gasteiger partial charge is 0.479 e. The van der Waals surface area contributed by atoms with E-state index in [2.05, 4.69) is 4.18 Å². The topological polar surface area (TPSA) is 199 Å². The molecule has 2 fully saturated rings. The fourth-order valence-electron chi connectivity index (χ4n) is 3.07. The first-order chi connectivity index (χ1) is 12.9. The van der Waals surface area contributed by atoms with E-state index in [4.69, 9.17) is 28.6 Å². The van der Waals surface area contributed by atoms with Crippen LogP contribution in [0.3, 0.4) is 0 Å². The Kier molecular flexibility index (Phi) is 7.71. The van der Waals surface area contributed by atoms with Crippen LogP contribution in [-0.4, -0.2) is 102 Å². The molecule has 2 rings (SSSR count). The van der Waals surface area contributed by atoms with E-state index in [9.17, 15) is 28.5 Å². The number of aliphatic hydroxyl groups excluding tert-OH is 3. The van der Waals surface area contributed by atoms with Gasteiger partial charge in [-0.05, 0) is 0 Å². The Labute approximate surface area is 160 Å². The van der Waals surface area contributed by atoms with Crippen LogP contribution in [0.4, 0.5) is 0 Å². The highest BCUT2D eigenvalue weighted by Crippen LogP contribution is 2.32. The highest BCUT2D eigenvalue weighted by molar-refractivity contribution is 7.80. The van der Waals surface area contributed by atoms with E-state index < -0.39 is 78.1 Å². The van der Waals surface area contributed by atoms with Gasteiger partial charge >= 0.3 is 16.4 Å². The number of aliphatic hydroxyl groups is 3. The Morgan fingerprint density at radius 3 is 2.29 bits per heavy atom. The Balaban J connectivity index is 2.11. The second-order valence-corrected chi connectivity index (χ2v) is 7.67. The molecule has 4 unspecified atom stereocenters. The smallest absolute Gasteiger partial charge is 0.397 e. The van der Waals surface area contributed by atoms with Gasteiger partial charge in [-0.25, -0.2) is 8.98 Å². The number of carboxylic acids is 1. The minimum absolute atomic E-state index is 0.0134. The lowest BCUT2D eigenvalue weighted by molar-refractivity contribution is -0.328. The molecule has 0 bridgehead atoms. The average molecular weight is 432 g/mol. The number of aliphatic carboxylic acids is 1. The van der Waals surface area contributed by atoms with Crippen molar-refractivity contribution >= 4 is 16.4 Å². The molecule has 2 heterocycles. The fraction of sp³-hybridized carbons (Fsp3) is 0.929. The van der Waals surface area contributed by atoms with Gasteiger partial charge in [-0.1, -0.05) is 6.92 Å². The lowest BCUT2D eigenvalue weighted by atomic mass is 9.94. The zero-order valence-corrected chi connectivity index (χ0v) is 15.8. The number of ether oxygens (including phenoxy) is 4. The van der Waals surface area contributed by atoms with E-state index in [1.54, 1.807) is 6.92 Å². The van der Waals surface area contributed by atoms with Crippen molar-refractivity contribution in [2.75, 3.05) is 13.7 Å². The zero-order chi connectivity index (χ0) is 21.2. The molecule has 2 aliphatic rings. The van der Waals surface area contributed by atoms with Crippen LogP contribution in [0.5, 0.6) is 0 Å². The summed E-state index contributed by atoms with van der Waals surface area (Å²) in [5.41, 5.74) is 0. The molecule has 0 saturated carbocycles. The maximum atomic E-state index is 11.2. The molecule has 0 aromatic carbocycles. The van der Waals surface area contributed by atoms with Crippen LogP contribution < -0.4 is 0 Å². The third-order valence-corrected chi connectivity index (χ3v) is 5.03. The molecule has 2 aliphatic heterocycles. The van der Waals surface area contributed by atoms with Crippen LogP contribution in [0.25, 0.3) is 0 Å². The van der Waals surface area contributed by atoms with Crippen molar-refractivity contribution in [1.29, 1.82) is 0 Å². The average Bonchev–Trinajstić information content (AvgIpc) is 2.61. The van der Waals surface area contributed by atoms with Crippen LogP contribution >= 0.6 is 0 Å². The standard InChI is InChI=1S/C14H24O13S/c1-5-7(3-6(25-13(5)23-2)4-24-28(20,21)22)26-14-10(17)8(15)9(16)11(27-14)12(18)19/h5-11,13-17H,3-4H2,1-2H3,(H,18,19)(H,20,21,22)/t5?,6?,7-,8-,9-,10?,11?,13-,14+/m0/s1. The normalized spacial score (nSPS) is 42.3. The highest BCUT2D eigenvalue weighted by Gasteiger charge is 2.49. The Bertz CT molecular complexity index is 639. The summed E-state index contributed by atoms with van der Waals surface area (Å²) in [4.78, 5) is 11.2. The van der Waals surface area contributed by atoms with Gasteiger partial charge in [0.2, 0.25) is 0 Å². The van der Waals surface area contributed by atoms with Gasteiger partial charge in [0, 0.05) is 19.4 Å². The van der Waals surface area contributed by atoms with E-state index in [-0.39, 0.29) is 6.42 Å². The molecule has 0 aliphatic carbocycles. The van der Waals surface area contributed by atoms with Crippen molar-refractivity contribution in [3.05, 3.63) is 0 Å². The summed E-state index contributed by atoms with van der Waals surface area (Å²) in [6.45, 7) is 1.12. The molecule has 0 aromatic heterocycles. The van der Waals surface area contributed by atoms with Gasteiger partial charge in [-0.15, -0.1) is 0 Å². The summed E-state index contributed by atoms with van der Waals surface area (Å²) < 4.78 is 55.8. The molecular formula is C14H24O13S. The second-order valence-electron chi connectivity index (χ2n) is 6.58. The third-order valence-electron chi connectivity index (χ3n) is 4.59. The molecule has 0 radical (unpaired) electrons. The molecule has 0 spiro atoms. The molecule has 13 nitrogen and oxygen atoms in total. The number of carbonyl (C=O) groups is 1. The van der Waals surface area contributed by atoms with Crippen LogP contribution in [0.2, 0.25) is 0 Å². The van der Waals surface area contributed by atoms with Crippen LogP contribution in [0, 0.1) is 5.92 Å². The van der Waals surface area contributed by atoms with E-state index >= 15 is 0 Å². The molecule has 14 heteroatoms. The lowest BCUT2D eigenvalue weighted by Gasteiger charge is -2.44. The fourth-order valence-corrected chi connectivity index (χ4v) is 3.40. The first-order valence-electron chi connectivity index (χ1n) is 8.32. The van der Waals surface area contributed by atoms with Gasteiger partial charge in [-0.2, -0.15) is 8.42 Å². The number of carboxylic acid groups (broad SMARTS) is 1. The third kappa shape index (κ3) is 5.56. The van der Waals surface area contributed by atoms with E-state index in [1.807, 2.05) is 0 Å². The minimum Gasteiger partial charge on any atom is -0.479 e. The van der Waals surface area contributed by atoms with Crippen molar-refractivity contribution in [1.82, 2.24) is 0 Å². The van der Waals surface area contributed by atoms with Crippen molar-refractivity contribution < 1.29 is 61.3 Å². The lowest BCUT2D eigenvalue weighted by Crippen LogP contribution is -2.61. The number of rotatable bonds is 7. The predicted molar refractivity (Wildman–Crippen MR) is 86.1 cm³/mol. The SMILES string of the molecule is CO[C@H]1OC(COS(=O)(=O)O)C[C@H](O[C@@H]2OC(C(=O)O)[C@@H](O)[C@H](O)C2O)C1C. The first kappa shape index (κ1) is 23.3. The number of methoxy groups -OCH3 is 1. The van der Waals surface area contributed by atoms with Crippen molar-refractivity contribution in [2.45, 2.75) is 62.5 Å². The van der Waals surface area contributed by atoms with Crippen LogP contribution in [-0.2, 0) is 38.3 Å². The van der Waals surface area contributed by atoms with Gasteiger partial charge in [0.25, 0.3) is 0 Å². The second kappa shape index (κ2) is 9.25. The molecule has 2 saturated heterocycles. The van der Waals surface area contributed by atoms with E-state index in [1.165, 1.54) is 7.11 Å². The van der Waals surface area contributed by atoms with Gasteiger partial charge in [0.15, 0.2) is 18.7 Å². The van der Waals surface area contributed by atoms with Crippen LogP contribution in [0.1, 0.15) is 13.3 Å². The van der Waals surface area contributed by atoms with E-state index in [0.717, 1.165) is 0 Å². The maximum absolute atomic E-state index is 11.2. The molecule has 9 atom stereocenters. The Morgan fingerprint density at radius 2 is 1.75 bits per heavy atom. The Morgan fingerprint density at radius 1 is 1.11 bits per heavy atom. The molecule has 28 heavy (non-hydrogen) atoms. The van der Waals surface area contributed by atoms with Crippen molar-refractivity contribution in [3.63, 3.8) is 0 Å². The van der Waals surface area contributed by atoms with Gasteiger partial charge in [0.1, 0.15) is 18.3 Å². The summed E-state index contributed by atoms with van der Waals surface area (Å²) in [6, 6.07) is 0. The molecular weight excluding hydrogens is 408 g/mol. The summed E-state index contributed by atoms with van der Waals surface area (Å²) in [5.74, 6) is -2.03. The molecule has 0 aromatic rings. The van der Waals surface area contributed by atoms with Gasteiger partial charge in [0.05, 0.1) is 18.8 Å². The summed E-state index contributed by atoms with van der Waals surface area (Å²) in [6.07, 6.45) is -11.4. The maximum Gasteiger partial charge on any atom is 0.397 e. The summed E-state index contributed by atoms with van der Waals surface area (Å²) in [5, 5.41) is 38.7. The summed E-state index contributed by atoms with van der Waals surface area (Å²) >= 11 is 0. The molecule has 5 N–H and O–H groups in total. The van der Waals surface area contributed by atoms with Gasteiger partial charge in [-0.3, -0.25) is 4.55 Å². The highest BCUT2D eigenvalue weighted by atomic mass is 32.3. The molecule has 164 valence electrons. The number of hydrogen-bond donors (Lipinski definition) is 5. The van der Waals surface area contributed by atoms with E-state index in [0.29, 0.717) is 0 Å². The Hall–Kier alpha value is -0.940. The predicted octanol–water partition coefficient (Wildman–Crippen LogP) is -2.52. The van der Waals surface area contributed by atoms with Crippen molar-refractivity contribution in [3.8, 4) is 0 Å². The summed E-state index contributed by atoms with van der Waals surface area (Å²) in [7, 11) is -3.37. The molecule has 0 amide bonds.